The van der Waals surface area contributed by atoms with Crippen LogP contribution < -0.4 is 4.74 Å². The molecule has 16 heavy (non-hydrogen) atoms. The number of carbonyl (C=O) groups excluding carboxylic acids is 1. The normalized spacial score (nSPS) is 10.1. The molecule has 1 heterocycles. The van der Waals surface area contributed by atoms with Crippen LogP contribution in [0.1, 0.15) is 15.2 Å². The number of ether oxygens (including phenoxy) is 1. The van der Waals surface area contributed by atoms with Gasteiger partial charge >= 0.3 is 0 Å². The summed E-state index contributed by atoms with van der Waals surface area (Å²) < 4.78 is 18.0. The van der Waals surface area contributed by atoms with E-state index < -0.39 is 5.82 Å². The van der Waals surface area contributed by atoms with Crippen LogP contribution in [0.2, 0.25) is 0 Å². The van der Waals surface area contributed by atoms with Crippen molar-refractivity contribution >= 4 is 17.1 Å². The monoisotopic (exact) mass is 236 g/mol. The number of carbonyl (C=O) groups is 1. The summed E-state index contributed by atoms with van der Waals surface area (Å²) in [7, 11) is 1.50. The summed E-state index contributed by atoms with van der Waals surface area (Å²) in [4.78, 5) is 12.5. The minimum atomic E-state index is -0.415. The lowest BCUT2D eigenvalue weighted by atomic mass is 10.1. The van der Waals surface area contributed by atoms with Crippen molar-refractivity contribution in [3.63, 3.8) is 0 Å². The van der Waals surface area contributed by atoms with Gasteiger partial charge < -0.3 is 4.74 Å². The number of thiophene rings is 1. The number of ketones is 1. The molecule has 0 bridgehead atoms. The van der Waals surface area contributed by atoms with E-state index in [-0.39, 0.29) is 5.78 Å². The maximum Gasteiger partial charge on any atom is 0.206 e. The van der Waals surface area contributed by atoms with Crippen LogP contribution in [-0.2, 0) is 0 Å². The molecule has 0 atom stereocenters. The van der Waals surface area contributed by atoms with Crippen LogP contribution in [0.4, 0.5) is 4.39 Å². The molecule has 0 radical (unpaired) electrons. The highest BCUT2D eigenvalue weighted by Crippen LogP contribution is 2.27. The Bertz CT molecular complexity index is 519. The summed E-state index contributed by atoms with van der Waals surface area (Å²) in [6, 6.07) is 7.36. The number of methoxy groups -OCH3 is 1. The highest BCUT2D eigenvalue weighted by atomic mass is 32.1. The molecule has 0 unspecified atom stereocenters. The van der Waals surface area contributed by atoms with Gasteiger partial charge in [0, 0.05) is 5.56 Å². The molecule has 2 nitrogen and oxygen atoms in total. The van der Waals surface area contributed by atoms with E-state index in [0.29, 0.717) is 16.2 Å². The van der Waals surface area contributed by atoms with Crippen LogP contribution in [-0.4, -0.2) is 12.9 Å². The molecule has 0 aliphatic carbocycles. The van der Waals surface area contributed by atoms with E-state index in [1.165, 1.54) is 36.6 Å². The summed E-state index contributed by atoms with van der Waals surface area (Å²) in [6.45, 7) is 0. The third kappa shape index (κ3) is 1.97. The Morgan fingerprint density at radius 2 is 2.19 bits per heavy atom. The third-order valence-corrected chi connectivity index (χ3v) is 3.04. The van der Waals surface area contributed by atoms with Crippen LogP contribution in [0.3, 0.4) is 0 Å². The lowest BCUT2D eigenvalue weighted by molar-refractivity contribution is 0.103. The lowest BCUT2D eigenvalue weighted by Crippen LogP contribution is -2.01. The first-order chi connectivity index (χ1) is 7.72. The number of hydrogen-bond acceptors (Lipinski definition) is 3. The first-order valence-electron chi connectivity index (χ1n) is 4.64. The summed E-state index contributed by atoms with van der Waals surface area (Å²) in [6.07, 6.45) is 0. The van der Waals surface area contributed by atoms with Gasteiger partial charge in [-0.05, 0) is 23.6 Å². The van der Waals surface area contributed by atoms with Gasteiger partial charge in [-0.3, -0.25) is 4.79 Å². The Morgan fingerprint density at radius 1 is 1.38 bits per heavy atom. The summed E-state index contributed by atoms with van der Waals surface area (Å²) in [5, 5.41) is 1.77. The van der Waals surface area contributed by atoms with Crippen LogP contribution >= 0.6 is 11.3 Å². The molecule has 0 spiro atoms. The fourth-order valence-electron chi connectivity index (χ4n) is 1.38. The van der Waals surface area contributed by atoms with Crippen molar-refractivity contribution in [1.82, 2.24) is 0 Å². The predicted octanol–water partition coefficient (Wildman–Crippen LogP) is 3.13. The summed E-state index contributed by atoms with van der Waals surface area (Å²) >= 11 is 1.29. The molecular weight excluding hydrogens is 227 g/mol. The van der Waals surface area contributed by atoms with Gasteiger partial charge in [-0.25, -0.2) is 4.39 Å². The molecular formula is C12H9FO2S. The van der Waals surface area contributed by atoms with Crippen LogP contribution in [0, 0.1) is 5.82 Å². The van der Waals surface area contributed by atoms with Crippen molar-refractivity contribution in [1.29, 1.82) is 0 Å². The Kier molecular flexibility index (Phi) is 3.01. The Hall–Kier alpha value is -1.68. The standard InChI is InChI=1S/C12H9FO2S/c1-15-10-5-6-16-12(10)11(14)8-3-2-4-9(13)7-8/h2-7H,1H3. The zero-order valence-electron chi connectivity index (χ0n) is 8.57. The van der Waals surface area contributed by atoms with Gasteiger partial charge in [0.1, 0.15) is 16.4 Å². The minimum absolute atomic E-state index is 0.216. The average molecular weight is 236 g/mol. The largest absolute Gasteiger partial charge is 0.495 e. The number of rotatable bonds is 3. The molecule has 0 N–H and O–H groups in total. The van der Waals surface area contributed by atoms with Gasteiger partial charge in [0.15, 0.2) is 0 Å². The van der Waals surface area contributed by atoms with Gasteiger partial charge in [0.2, 0.25) is 5.78 Å². The second-order valence-corrected chi connectivity index (χ2v) is 4.07. The molecule has 0 amide bonds. The summed E-state index contributed by atoms with van der Waals surface area (Å²) in [5.74, 6) is -0.105. The van der Waals surface area contributed by atoms with Crippen LogP contribution in [0.25, 0.3) is 0 Å². The zero-order valence-corrected chi connectivity index (χ0v) is 9.38. The molecule has 1 aromatic heterocycles. The van der Waals surface area contributed by atoms with E-state index in [1.807, 2.05) is 0 Å². The highest BCUT2D eigenvalue weighted by molar-refractivity contribution is 7.12. The highest BCUT2D eigenvalue weighted by Gasteiger charge is 2.16. The van der Waals surface area contributed by atoms with Crippen molar-refractivity contribution in [2.24, 2.45) is 0 Å². The lowest BCUT2D eigenvalue weighted by Gasteiger charge is -2.01. The fourth-order valence-corrected chi connectivity index (χ4v) is 2.20. The molecule has 1 aromatic carbocycles. The smallest absolute Gasteiger partial charge is 0.206 e. The second kappa shape index (κ2) is 4.45. The summed E-state index contributed by atoms with van der Waals surface area (Å²) in [5.41, 5.74) is 0.334. The molecule has 82 valence electrons. The Morgan fingerprint density at radius 3 is 2.88 bits per heavy atom. The van der Waals surface area contributed by atoms with Crippen molar-refractivity contribution in [2.75, 3.05) is 7.11 Å². The average Bonchev–Trinajstić information content (AvgIpc) is 2.76. The SMILES string of the molecule is COc1ccsc1C(=O)c1cccc(F)c1. The number of hydrogen-bond donors (Lipinski definition) is 0. The second-order valence-electron chi connectivity index (χ2n) is 3.16. The maximum absolute atomic E-state index is 13.0. The fraction of sp³-hybridized carbons (Fsp3) is 0.0833. The van der Waals surface area contributed by atoms with E-state index in [1.54, 1.807) is 17.5 Å². The molecule has 0 saturated heterocycles. The molecule has 0 aliphatic heterocycles. The first kappa shape index (κ1) is 10.8. The minimum Gasteiger partial charge on any atom is -0.495 e. The Labute approximate surface area is 96.3 Å². The Balaban J connectivity index is 2.39. The molecule has 0 saturated carbocycles. The van der Waals surface area contributed by atoms with Gasteiger partial charge in [-0.15, -0.1) is 11.3 Å². The maximum atomic E-state index is 13.0. The number of benzene rings is 1. The van der Waals surface area contributed by atoms with Crippen LogP contribution in [0.15, 0.2) is 35.7 Å². The van der Waals surface area contributed by atoms with Crippen molar-refractivity contribution < 1.29 is 13.9 Å². The first-order valence-corrected chi connectivity index (χ1v) is 5.52. The van der Waals surface area contributed by atoms with Crippen LogP contribution in [0.5, 0.6) is 5.75 Å². The molecule has 2 rings (SSSR count). The predicted molar refractivity (Wildman–Crippen MR) is 60.7 cm³/mol. The number of halogens is 1. The molecule has 4 heteroatoms. The molecule has 2 aromatic rings. The molecule has 0 aliphatic rings. The van der Waals surface area contributed by atoms with Crippen molar-refractivity contribution in [3.05, 3.63) is 52.0 Å². The zero-order chi connectivity index (χ0) is 11.5. The van der Waals surface area contributed by atoms with E-state index >= 15 is 0 Å². The van der Waals surface area contributed by atoms with E-state index in [2.05, 4.69) is 0 Å². The van der Waals surface area contributed by atoms with Gasteiger partial charge in [0.05, 0.1) is 7.11 Å². The molecule has 0 fully saturated rings. The van der Waals surface area contributed by atoms with Crippen molar-refractivity contribution in [2.45, 2.75) is 0 Å². The van der Waals surface area contributed by atoms with Gasteiger partial charge in [0.25, 0.3) is 0 Å². The van der Waals surface area contributed by atoms with E-state index in [9.17, 15) is 9.18 Å². The topological polar surface area (TPSA) is 26.3 Å². The van der Waals surface area contributed by atoms with Gasteiger partial charge in [-0.1, -0.05) is 12.1 Å². The third-order valence-electron chi connectivity index (χ3n) is 2.14. The quantitative estimate of drug-likeness (QED) is 0.765. The van der Waals surface area contributed by atoms with Gasteiger partial charge in [-0.2, -0.15) is 0 Å². The van der Waals surface area contributed by atoms with E-state index in [4.69, 9.17) is 4.74 Å². The van der Waals surface area contributed by atoms with E-state index in [0.717, 1.165) is 0 Å². The van der Waals surface area contributed by atoms with Crippen molar-refractivity contribution in [3.8, 4) is 5.75 Å².